The van der Waals surface area contributed by atoms with Crippen LogP contribution in [0.2, 0.25) is 0 Å². The van der Waals surface area contributed by atoms with Crippen LogP contribution in [0.1, 0.15) is 54.9 Å². The Morgan fingerprint density at radius 2 is 2.09 bits per heavy atom. The van der Waals surface area contributed by atoms with Gasteiger partial charge in [-0.15, -0.1) is 0 Å². The van der Waals surface area contributed by atoms with Gasteiger partial charge in [0.25, 0.3) is 0 Å². The molecule has 0 saturated carbocycles. The van der Waals surface area contributed by atoms with Crippen molar-refractivity contribution in [1.82, 2.24) is 5.32 Å². The summed E-state index contributed by atoms with van der Waals surface area (Å²) < 4.78 is 11.9. The maximum atomic E-state index is 12.9. The number of carbonyl (C=O) groups is 2. The van der Waals surface area contributed by atoms with Gasteiger partial charge >= 0.3 is 5.97 Å². The van der Waals surface area contributed by atoms with Crippen LogP contribution in [0.3, 0.4) is 0 Å². The molecule has 4 unspecified atom stereocenters. The Bertz CT molecular complexity index is 941. The minimum Gasteiger partial charge on any atom is -0.507 e. The van der Waals surface area contributed by atoms with Crippen LogP contribution in [0.5, 0.6) is 5.75 Å². The summed E-state index contributed by atoms with van der Waals surface area (Å²) in [6.07, 6.45) is 7.35. The van der Waals surface area contributed by atoms with Crippen LogP contribution in [-0.4, -0.2) is 46.5 Å². The van der Waals surface area contributed by atoms with Gasteiger partial charge in [0.05, 0.1) is 18.3 Å². The molecule has 0 aliphatic carbocycles. The SMILES string of the molecule is CCC#CC=CC(=O)NC=CCC1CC2CC(O)CC(Cc3cccc(O)c3C(=O)O1)O2. The fourth-order valence-corrected chi connectivity index (χ4v) is 3.99. The second-order valence-electron chi connectivity index (χ2n) is 7.94. The maximum absolute atomic E-state index is 12.9. The molecule has 2 bridgehead atoms. The highest BCUT2D eigenvalue weighted by molar-refractivity contribution is 5.94. The molecule has 0 radical (unpaired) electrons. The molecular weight excluding hydrogens is 410 g/mol. The molecular formula is C25H29NO6. The summed E-state index contributed by atoms with van der Waals surface area (Å²) in [4.78, 5) is 24.6. The van der Waals surface area contributed by atoms with Gasteiger partial charge in [0.2, 0.25) is 5.91 Å². The molecule has 2 heterocycles. The average molecular weight is 440 g/mol. The van der Waals surface area contributed by atoms with Crippen molar-refractivity contribution in [2.45, 2.75) is 69.9 Å². The van der Waals surface area contributed by atoms with Crippen LogP contribution in [0.15, 0.2) is 42.6 Å². The van der Waals surface area contributed by atoms with Crippen LogP contribution < -0.4 is 5.32 Å². The molecule has 1 amide bonds. The van der Waals surface area contributed by atoms with E-state index in [9.17, 15) is 19.8 Å². The lowest BCUT2D eigenvalue weighted by Gasteiger charge is -2.36. The monoisotopic (exact) mass is 439 g/mol. The van der Waals surface area contributed by atoms with Gasteiger partial charge in [0.15, 0.2) is 0 Å². The third-order valence-corrected chi connectivity index (χ3v) is 5.37. The smallest absolute Gasteiger partial charge is 0.342 e. The van der Waals surface area contributed by atoms with Crippen LogP contribution in [0, 0.1) is 11.8 Å². The fourth-order valence-electron chi connectivity index (χ4n) is 3.99. The molecule has 1 aromatic rings. The van der Waals surface area contributed by atoms with Crippen molar-refractivity contribution in [3.05, 3.63) is 53.8 Å². The van der Waals surface area contributed by atoms with Gasteiger partial charge in [-0.1, -0.05) is 37.0 Å². The molecule has 0 aromatic heterocycles. The predicted octanol–water partition coefficient (Wildman–Crippen LogP) is 2.76. The summed E-state index contributed by atoms with van der Waals surface area (Å²) in [6, 6.07) is 4.89. The zero-order valence-corrected chi connectivity index (χ0v) is 18.1. The summed E-state index contributed by atoms with van der Waals surface area (Å²) in [5.41, 5.74) is 0.768. The number of phenols is 1. The van der Waals surface area contributed by atoms with E-state index in [0.717, 1.165) is 6.42 Å². The number of allylic oxidation sites excluding steroid dienone is 1. The first-order valence-corrected chi connectivity index (χ1v) is 10.9. The van der Waals surface area contributed by atoms with Crippen molar-refractivity contribution in [2.24, 2.45) is 0 Å². The third kappa shape index (κ3) is 6.71. The Morgan fingerprint density at radius 3 is 2.91 bits per heavy atom. The van der Waals surface area contributed by atoms with Crippen molar-refractivity contribution in [1.29, 1.82) is 0 Å². The number of cyclic esters (lactones) is 1. The third-order valence-electron chi connectivity index (χ3n) is 5.37. The number of aromatic hydroxyl groups is 1. The summed E-state index contributed by atoms with van der Waals surface area (Å²) in [5, 5.41) is 23.2. The Morgan fingerprint density at radius 1 is 1.28 bits per heavy atom. The lowest BCUT2D eigenvalue weighted by Crippen LogP contribution is -2.40. The Labute approximate surface area is 188 Å². The summed E-state index contributed by atoms with van der Waals surface area (Å²) in [6.45, 7) is 1.93. The largest absolute Gasteiger partial charge is 0.507 e. The van der Waals surface area contributed by atoms with Gasteiger partial charge in [-0.2, -0.15) is 0 Å². The topological polar surface area (TPSA) is 105 Å². The molecule has 7 heteroatoms. The van der Waals surface area contributed by atoms with E-state index in [1.807, 2.05) is 6.92 Å². The molecule has 0 spiro atoms. The highest BCUT2D eigenvalue weighted by Gasteiger charge is 2.34. The molecule has 3 rings (SSSR count). The lowest BCUT2D eigenvalue weighted by atomic mass is 9.91. The maximum Gasteiger partial charge on any atom is 0.342 e. The zero-order chi connectivity index (χ0) is 22.9. The van der Waals surface area contributed by atoms with E-state index in [1.165, 1.54) is 24.4 Å². The van der Waals surface area contributed by atoms with Crippen LogP contribution in [0.4, 0.5) is 0 Å². The Balaban J connectivity index is 1.71. The normalized spacial score (nSPS) is 25.5. The average Bonchev–Trinajstić information content (AvgIpc) is 2.73. The molecule has 2 aliphatic rings. The van der Waals surface area contributed by atoms with E-state index in [2.05, 4.69) is 17.2 Å². The first-order chi connectivity index (χ1) is 15.5. The first-order valence-electron chi connectivity index (χ1n) is 10.9. The molecule has 1 fully saturated rings. The number of nitrogens with one attached hydrogen (secondary N) is 1. The molecule has 3 N–H and O–H groups in total. The molecule has 1 saturated heterocycles. The summed E-state index contributed by atoms with van der Waals surface area (Å²) >= 11 is 0. The minimum absolute atomic E-state index is 0.134. The number of hydrogen-bond donors (Lipinski definition) is 3. The number of rotatable bonds is 4. The second kappa shape index (κ2) is 11.5. The number of aliphatic hydroxyl groups is 1. The number of esters is 1. The number of phenolic OH excluding ortho intramolecular Hbond substituents is 1. The Hall–Kier alpha value is -3.08. The van der Waals surface area contributed by atoms with Crippen LogP contribution >= 0.6 is 0 Å². The standard InChI is InChI=1S/C25H29NO6/c1-2-3-4-5-11-23(29)26-12-7-9-19-16-21-15-18(27)14-20(31-21)13-17-8-6-10-22(28)24(17)25(30)32-19/h5-8,10-12,18-21,27-28H,2,9,13-16H2,1H3,(H,26,29). The fraction of sp³-hybridized carbons (Fsp3) is 0.440. The molecule has 1 aromatic carbocycles. The number of amides is 1. The van der Waals surface area contributed by atoms with Crippen molar-refractivity contribution in [3.8, 4) is 17.6 Å². The van der Waals surface area contributed by atoms with Gasteiger partial charge in [0, 0.05) is 31.5 Å². The molecule has 4 atom stereocenters. The van der Waals surface area contributed by atoms with Crippen molar-refractivity contribution >= 4 is 11.9 Å². The van der Waals surface area contributed by atoms with E-state index in [-0.39, 0.29) is 29.4 Å². The molecule has 2 aliphatic heterocycles. The number of carbonyl (C=O) groups excluding carboxylic acids is 2. The predicted molar refractivity (Wildman–Crippen MR) is 119 cm³/mol. The highest BCUT2D eigenvalue weighted by atomic mass is 16.5. The number of fused-ring (bicyclic) bond motifs is 3. The highest BCUT2D eigenvalue weighted by Crippen LogP contribution is 2.32. The Kier molecular flexibility index (Phi) is 8.48. The van der Waals surface area contributed by atoms with Crippen molar-refractivity contribution in [2.75, 3.05) is 0 Å². The van der Waals surface area contributed by atoms with E-state index < -0.39 is 18.2 Å². The quantitative estimate of drug-likeness (QED) is 0.379. The van der Waals surface area contributed by atoms with E-state index >= 15 is 0 Å². The van der Waals surface area contributed by atoms with Crippen molar-refractivity contribution in [3.63, 3.8) is 0 Å². The molecule has 7 nitrogen and oxygen atoms in total. The first kappa shape index (κ1) is 23.6. The number of ether oxygens (including phenoxy) is 2. The lowest BCUT2D eigenvalue weighted by molar-refractivity contribution is -0.115. The van der Waals surface area contributed by atoms with E-state index in [4.69, 9.17) is 9.47 Å². The minimum atomic E-state index is -0.585. The zero-order valence-electron chi connectivity index (χ0n) is 18.1. The van der Waals surface area contributed by atoms with E-state index in [1.54, 1.807) is 18.2 Å². The summed E-state index contributed by atoms with van der Waals surface area (Å²) in [7, 11) is 0. The van der Waals surface area contributed by atoms with Crippen LogP contribution in [-0.2, 0) is 20.7 Å². The second-order valence-corrected chi connectivity index (χ2v) is 7.94. The summed E-state index contributed by atoms with van der Waals surface area (Å²) in [5.74, 6) is 4.55. The van der Waals surface area contributed by atoms with Crippen LogP contribution in [0.25, 0.3) is 0 Å². The van der Waals surface area contributed by atoms with Gasteiger partial charge < -0.3 is 25.0 Å². The number of aliphatic hydroxyl groups excluding tert-OH is 1. The van der Waals surface area contributed by atoms with Gasteiger partial charge in [-0.3, -0.25) is 4.79 Å². The van der Waals surface area contributed by atoms with E-state index in [0.29, 0.717) is 37.7 Å². The number of hydrogen-bond acceptors (Lipinski definition) is 6. The van der Waals surface area contributed by atoms with Gasteiger partial charge in [-0.05, 0) is 37.0 Å². The molecule has 170 valence electrons. The molecule has 32 heavy (non-hydrogen) atoms. The van der Waals surface area contributed by atoms with Gasteiger partial charge in [-0.25, -0.2) is 4.79 Å². The number of benzene rings is 1. The van der Waals surface area contributed by atoms with Crippen molar-refractivity contribution < 1.29 is 29.3 Å². The van der Waals surface area contributed by atoms with Gasteiger partial charge in [0.1, 0.15) is 17.4 Å².